The lowest BCUT2D eigenvalue weighted by atomic mass is 9.99. The molecule has 6 heteroatoms. The molecule has 0 N–H and O–H groups in total. The van der Waals surface area contributed by atoms with Crippen molar-refractivity contribution in [3.8, 4) is 33.6 Å². The van der Waals surface area contributed by atoms with Gasteiger partial charge < -0.3 is 18.9 Å². The zero-order valence-electron chi connectivity index (χ0n) is 43.3. The lowest BCUT2D eigenvalue weighted by Crippen LogP contribution is -2.10. The number of hydrogen-bond acceptors (Lipinski definition) is 2. The van der Waals surface area contributed by atoms with E-state index in [1.54, 1.807) is 0 Å². The molecule has 0 bridgehead atoms. The molecule has 2 heterocycles. The summed E-state index contributed by atoms with van der Waals surface area (Å²) in [5.41, 5.74) is 16.8. The lowest BCUT2D eigenvalue weighted by Gasteiger charge is -2.26. The first-order valence-electron chi connectivity index (χ1n) is 26.9. The Morgan fingerprint density at radius 3 is 0.925 bits per heavy atom. The number of benzene rings is 13. The Kier molecular flexibility index (Phi) is 11.2. The Labute approximate surface area is 461 Å². The van der Waals surface area contributed by atoms with Crippen LogP contribution >= 0.6 is 0 Å². The fraction of sp³-hybridized carbons (Fsp3) is 0. The van der Waals surface area contributed by atoms with Crippen molar-refractivity contribution in [2.45, 2.75) is 0 Å². The Morgan fingerprint density at radius 2 is 0.525 bits per heavy atom. The van der Waals surface area contributed by atoms with Gasteiger partial charge in [0.15, 0.2) is 0 Å². The second-order valence-corrected chi connectivity index (χ2v) is 20.5. The number of nitrogens with zero attached hydrogens (tertiary/aromatic N) is 4. The fourth-order valence-electron chi connectivity index (χ4n) is 11.9. The van der Waals surface area contributed by atoms with Gasteiger partial charge in [-0.15, -0.1) is 0 Å². The van der Waals surface area contributed by atoms with Crippen LogP contribution in [0.25, 0.3) is 98.8 Å². The number of para-hydroxylation sites is 2. The molecule has 0 fully saturated rings. The third-order valence-electron chi connectivity index (χ3n) is 15.8. The highest BCUT2D eigenvalue weighted by Gasteiger charge is 2.21. The Bertz CT molecular complexity index is 4520. The van der Waals surface area contributed by atoms with Crippen molar-refractivity contribution in [3.63, 3.8) is 0 Å². The van der Waals surface area contributed by atoms with Gasteiger partial charge in [0.05, 0.1) is 22.1 Å². The summed E-state index contributed by atoms with van der Waals surface area (Å²) in [5, 5.41) is 9.20. The first kappa shape index (κ1) is 46.7. The summed E-state index contributed by atoms with van der Waals surface area (Å²) in [5.74, 6) is -0.513. The molecule has 0 aliphatic carbocycles. The van der Waals surface area contributed by atoms with E-state index in [9.17, 15) is 8.78 Å². The summed E-state index contributed by atoms with van der Waals surface area (Å²) in [6, 6.07) is 100. The molecular formula is C74H48F2N4. The Hall–Kier alpha value is -10.6. The van der Waals surface area contributed by atoms with Gasteiger partial charge in [-0.2, -0.15) is 0 Å². The molecule has 4 nitrogen and oxygen atoms in total. The van der Waals surface area contributed by atoms with Gasteiger partial charge in [-0.1, -0.05) is 146 Å². The number of anilines is 6. The molecular weight excluding hydrogens is 983 g/mol. The van der Waals surface area contributed by atoms with Gasteiger partial charge in [0.25, 0.3) is 0 Å². The topological polar surface area (TPSA) is 16.3 Å². The van der Waals surface area contributed by atoms with Gasteiger partial charge in [-0.05, 0) is 189 Å². The molecule has 0 amide bonds. The molecule has 0 aliphatic rings. The maximum Gasteiger partial charge on any atom is 0.123 e. The van der Waals surface area contributed by atoms with Crippen molar-refractivity contribution in [1.29, 1.82) is 0 Å². The van der Waals surface area contributed by atoms with Crippen LogP contribution in [0.1, 0.15) is 0 Å². The van der Waals surface area contributed by atoms with Crippen LogP contribution in [0, 0.1) is 11.6 Å². The van der Waals surface area contributed by atoms with Crippen molar-refractivity contribution in [2.75, 3.05) is 9.80 Å². The quantitative estimate of drug-likeness (QED) is 0.136. The number of halogens is 2. The van der Waals surface area contributed by atoms with Gasteiger partial charge >= 0.3 is 0 Å². The minimum absolute atomic E-state index is 0.257. The van der Waals surface area contributed by atoms with Gasteiger partial charge in [-0.3, -0.25) is 0 Å². The fourth-order valence-corrected chi connectivity index (χ4v) is 11.9. The van der Waals surface area contributed by atoms with Crippen molar-refractivity contribution < 1.29 is 8.78 Å². The SMILES string of the molecule is Fc1ccc(-n2c3ccccc3c3cc(N(c4ccc(-c5ccc(-c6ccc(N(c7ccc8ccccc8c7)c7ccc8c(c7)c7ccccc7n8-c7ccc(F)cc7)cc6)cc5)cc4)c4ccc5ccccc5c4)ccc32)cc1. The lowest BCUT2D eigenvalue weighted by molar-refractivity contribution is 0.627. The van der Waals surface area contributed by atoms with E-state index in [2.05, 4.69) is 262 Å². The average Bonchev–Trinajstić information content (AvgIpc) is 4.15. The van der Waals surface area contributed by atoms with Crippen LogP contribution in [0.3, 0.4) is 0 Å². The third kappa shape index (κ3) is 8.12. The molecule has 2 aromatic heterocycles. The first-order valence-corrected chi connectivity index (χ1v) is 26.9. The largest absolute Gasteiger partial charge is 0.310 e. The molecule has 0 saturated carbocycles. The molecule has 13 aromatic carbocycles. The smallest absolute Gasteiger partial charge is 0.123 e. The zero-order valence-corrected chi connectivity index (χ0v) is 43.3. The predicted octanol–water partition coefficient (Wildman–Crippen LogP) is 20.7. The van der Waals surface area contributed by atoms with E-state index < -0.39 is 0 Å². The van der Waals surface area contributed by atoms with Gasteiger partial charge in [-0.25, -0.2) is 8.78 Å². The highest BCUT2D eigenvalue weighted by molar-refractivity contribution is 6.12. The van der Waals surface area contributed by atoms with Crippen molar-refractivity contribution in [3.05, 3.63) is 303 Å². The van der Waals surface area contributed by atoms with Crippen LogP contribution in [-0.4, -0.2) is 9.13 Å². The molecule has 0 spiro atoms. The van der Waals surface area contributed by atoms with Gasteiger partial charge in [0.2, 0.25) is 0 Å². The minimum atomic E-state index is -0.257. The number of rotatable bonds is 10. The number of hydrogen-bond donors (Lipinski definition) is 0. The normalized spacial score (nSPS) is 11.6. The number of aromatic nitrogens is 2. The van der Waals surface area contributed by atoms with E-state index in [4.69, 9.17) is 0 Å². The van der Waals surface area contributed by atoms with Crippen LogP contribution < -0.4 is 9.80 Å². The molecule has 378 valence electrons. The summed E-state index contributed by atoms with van der Waals surface area (Å²) in [7, 11) is 0. The standard InChI is InChI=1S/C74H48F2N4/c75-57-27-37-61(38-28-57)79-71-15-7-5-13-67(71)69-47-65(41-43-73(69)79)77(63-35-25-49-9-1-3-11-55(49)45-63)59-31-21-53(22-32-59)51-17-19-52(20-18-51)54-23-33-60(34-24-54)78(64-36-26-50-10-2-4-12-56(50)46-64)66-42-44-74-70(48-66)68-14-6-8-16-72(68)80(74)62-39-29-58(76)30-40-62/h1-48H. The maximum absolute atomic E-state index is 14.1. The summed E-state index contributed by atoms with van der Waals surface area (Å²) >= 11 is 0. The monoisotopic (exact) mass is 1030 g/mol. The average molecular weight is 1030 g/mol. The predicted molar refractivity (Wildman–Crippen MR) is 330 cm³/mol. The van der Waals surface area contributed by atoms with Crippen molar-refractivity contribution in [1.82, 2.24) is 9.13 Å². The van der Waals surface area contributed by atoms with E-state index in [1.807, 2.05) is 24.3 Å². The van der Waals surface area contributed by atoms with Crippen LogP contribution in [-0.2, 0) is 0 Å². The summed E-state index contributed by atoms with van der Waals surface area (Å²) in [4.78, 5) is 4.67. The molecule has 0 saturated heterocycles. The molecule has 0 unspecified atom stereocenters. The third-order valence-corrected chi connectivity index (χ3v) is 15.8. The van der Waals surface area contributed by atoms with Crippen LogP contribution in [0.5, 0.6) is 0 Å². The second-order valence-electron chi connectivity index (χ2n) is 20.5. The molecule has 0 radical (unpaired) electrons. The van der Waals surface area contributed by atoms with E-state index in [1.165, 1.54) is 45.8 Å². The summed E-state index contributed by atoms with van der Waals surface area (Å²) in [6.07, 6.45) is 0. The Morgan fingerprint density at radius 1 is 0.225 bits per heavy atom. The molecule has 0 atom stereocenters. The Balaban J connectivity index is 0.757. The van der Waals surface area contributed by atoms with E-state index in [-0.39, 0.29) is 11.6 Å². The molecule has 15 aromatic rings. The van der Waals surface area contributed by atoms with Gasteiger partial charge in [0.1, 0.15) is 11.6 Å². The van der Waals surface area contributed by atoms with Crippen molar-refractivity contribution >= 4 is 99.3 Å². The van der Waals surface area contributed by atoms with Crippen LogP contribution in [0.15, 0.2) is 291 Å². The molecule has 0 aliphatic heterocycles. The molecule has 80 heavy (non-hydrogen) atoms. The molecule has 15 rings (SSSR count). The highest BCUT2D eigenvalue weighted by atomic mass is 19.1. The minimum Gasteiger partial charge on any atom is -0.310 e. The highest BCUT2D eigenvalue weighted by Crippen LogP contribution is 2.44. The van der Waals surface area contributed by atoms with E-state index in [0.717, 1.165) is 111 Å². The van der Waals surface area contributed by atoms with Crippen molar-refractivity contribution in [2.24, 2.45) is 0 Å². The second kappa shape index (κ2) is 19.2. The van der Waals surface area contributed by atoms with Crippen LogP contribution in [0.4, 0.5) is 42.9 Å². The first-order chi connectivity index (χ1) is 39.5. The summed E-state index contributed by atoms with van der Waals surface area (Å²) < 4.78 is 32.7. The van der Waals surface area contributed by atoms with E-state index in [0.29, 0.717) is 0 Å². The van der Waals surface area contributed by atoms with E-state index >= 15 is 0 Å². The summed E-state index contributed by atoms with van der Waals surface area (Å²) in [6.45, 7) is 0. The van der Waals surface area contributed by atoms with Gasteiger partial charge in [0, 0.05) is 67.0 Å². The van der Waals surface area contributed by atoms with Crippen LogP contribution in [0.2, 0.25) is 0 Å². The maximum atomic E-state index is 14.1. The number of fused-ring (bicyclic) bond motifs is 8. The zero-order chi connectivity index (χ0) is 53.3.